The molecular formula is C14H29N3O2S. The Balaban J connectivity index is 2.05. The molecule has 0 aromatic heterocycles. The van der Waals surface area contributed by atoms with Gasteiger partial charge in [0.15, 0.2) is 0 Å². The van der Waals surface area contributed by atoms with Gasteiger partial charge in [-0.1, -0.05) is 13.3 Å². The fourth-order valence-electron chi connectivity index (χ4n) is 3.24. The van der Waals surface area contributed by atoms with Crippen molar-refractivity contribution in [3.8, 4) is 0 Å². The highest BCUT2D eigenvalue weighted by atomic mass is 32.2. The Morgan fingerprint density at radius 1 is 1.10 bits per heavy atom. The minimum Gasteiger partial charge on any atom is -0.320 e. The molecule has 0 aromatic rings. The molecule has 0 radical (unpaired) electrons. The van der Waals surface area contributed by atoms with Crippen molar-refractivity contribution in [1.82, 2.24) is 13.9 Å². The monoisotopic (exact) mass is 303 g/mol. The van der Waals surface area contributed by atoms with Crippen LogP contribution in [-0.4, -0.2) is 56.3 Å². The summed E-state index contributed by atoms with van der Waals surface area (Å²) in [5.41, 5.74) is 0. The number of hydrogen-bond acceptors (Lipinski definition) is 3. The van der Waals surface area contributed by atoms with Crippen LogP contribution >= 0.6 is 0 Å². The molecule has 118 valence electrons. The molecule has 0 saturated carbocycles. The third-order valence-corrected chi connectivity index (χ3v) is 6.76. The van der Waals surface area contributed by atoms with Gasteiger partial charge >= 0.3 is 0 Å². The second-order valence-electron chi connectivity index (χ2n) is 6.24. The maximum atomic E-state index is 12.9. The van der Waals surface area contributed by atoms with E-state index in [1.165, 1.54) is 0 Å². The minimum atomic E-state index is -3.25. The van der Waals surface area contributed by atoms with E-state index < -0.39 is 10.2 Å². The van der Waals surface area contributed by atoms with Crippen molar-refractivity contribution in [2.75, 3.05) is 33.2 Å². The first-order valence-electron chi connectivity index (χ1n) is 7.97. The van der Waals surface area contributed by atoms with E-state index >= 15 is 0 Å². The predicted molar refractivity (Wildman–Crippen MR) is 81.8 cm³/mol. The Kier molecular flexibility index (Phi) is 5.84. The number of nitrogens with zero attached hydrogens (tertiary/aromatic N) is 2. The van der Waals surface area contributed by atoms with Gasteiger partial charge in [-0.25, -0.2) is 0 Å². The van der Waals surface area contributed by atoms with Crippen LogP contribution in [0.3, 0.4) is 0 Å². The van der Waals surface area contributed by atoms with E-state index in [1.54, 1.807) is 8.61 Å². The Hall–Kier alpha value is -0.170. The summed E-state index contributed by atoms with van der Waals surface area (Å²) in [4.78, 5) is 0. The number of rotatable bonds is 5. The zero-order chi connectivity index (χ0) is 14.6. The zero-order valence-electron chi connectivity index (χ0n) is 12.8. The van der Waals surface area contributed by atoms with Gasteiger partial charge in [-0.2, -0.15) is 17.0 Å². The summed E-state index contributed by atoms with van der Waals surface area (Å²) in [6, 6.07) is 0.181. The fourth-order valence-corrected chi connectivity index (χ4v) is 5.16. The molecule has 1 N–H and O–H groups in total. The normalized spacial score (nSPS) is 27.8. The second kappa shape index (κ2) is 7.20. The minimum absolute atomic E-state index is 0.181. The third-order valence-electron chi connectivity index (χ3n) is 4.67. The van der Waals surface area contributed by atoms with Crippen molar-refractivity contribution >= 4 is 10.2 Å². The molecule has 0 spiro atoms. The molecule has 1 unspecified atom stereocenters. The van der Waals surface area contributed by atoms with Crippen molar-refractivity contribution in [1.29, 1.82) is 0 Å². The third kappa shape index (κ3) is 3.72. The van der Waals surface area contributed by atoms with Gasteiger partial charge in [-0.15, -0.1) is 0 Å². The van der Waals surface area contributed by atoms with E-state index in [4.69, 9.17) is 0 Å². The molecule has 0 aromatic carbocycles. The Morgan fingerprint density at radius 2 is 1.80 bits per heavy atom. The fraction of sp³-hybridized carbons (Fsp3) is 1.00. The molecule has 20 heavy (non-hydrogen) atoms. The first kappa shape index (κ1) is 16.2. The Labute approximate surface area is 123 Å². The summed E-state index contributed by atoms with van der Waals surface area (Å²) in [6.45, 7) is 5.18. The molecule has 2 aliphatic rings. The second-order valence-corrected chi connectivity index (χ2v) is 8.12. The van der Waals surface area contributed by atoms with Crippen molar-refractivity contribution in [2.45, 2.75) is 51.5 Å². The van der Waals surface area contributed by atoms with Crippen LogP contribution in [0.4, 0.5) is 0 Å². The predicted octanol–water partition coefficient (Wildman–Crippen LogP) is 1.43. The maximum Gasteiger partial charge on any atom is 0.282 e. The highest BCUT2D eigenvalue weighted by molar-refractivity contribution is 7.86. The van der Waals surface area contributed by atoms with Crippen molar-refractivity contribution in [3.63, 3.8) is 0 Å². The van der Waals surface area contributed by atoms with Crippen LogP contribution < -0.4 is 5.32 Å². The van der Waals surface area contributed by atoms with Gasteiger partial charge in [0.25, 0.3) is 10.2 Å². The van der Waals surface area contributed by atoms with Crippen LogP contribution in [0.25, 0.3) is 0 Å². The van der Waals surface area contributed by atoms with Crippen LogP contribution in [0.5, 0.6) is 0 Å². The summed E-state index contributed by atoms with van der Waals surface area (Å²) >= 11 is 0. The van der Waals surface area contributed by atoms with Crippen LogP contribution in [-0.2, 0) is 10.2 Å². The Morgan fingerprint density at radius 3 is 2.45 bits per heavy atom. The summed E-state index contributed by atoms with van der Waals surface area (Å²) in [7, 11) is -1.32. The quantitative estimate of drug-likeness (QED) is 0.836. The molecule has 2 aliphatic heterocycles. The standard InChI is InChI=1S/C14H29N3O2S/c1-13-7-11-16(12-8-13)20(18,19)17-10-4-3-5-14(17)6-9-15-2/h13-15H,3-12H2,1-2H3. The summed E-state index contributed by atoms with van der Waals surface area (Å²) in [5, 5.41) is 3.14. The van der Waals surface area contributed by atoms with Crippen LogP contribution in [0.2, 0.25) is 0 Å². The van der Waals surface area contributed by atoms with E-state index in [-0.39, 0.29) is 6.04 Å². The lowest BCUT2D eigenvalue weighted by Crippen LogP contribution is -2.52. The highest BCUT2D eigenvalue weighted by Crippen LogP contribution is 2.27. The summed E-state index contributed by atoms with van der Waals surface area (Å²) < 4.78 is 29.2. The van der Waals surface area contributed by atoms with E-state index in [0.717, 1.165) is 45.1 Å². The van der Waals surface area contributed by atoms with Gasteiger partial charge in [-0.05, 0) is 51.6 Å². The lowest BCUT2D eigenvalue weighted by Gasteiger charge is -2.39. The molecule has 2 rings (SSSR count). The molecule has 2 fully saturated rings. The smallest absolute Gasteiger partial charge is 0.282 e. The largest absolute Gasteiger partial charge is 0.320 e. The van der Waals surface area contributed by atoms with Crippen molar-refractivity contribution < 1.29 is 8.42 Å². The average Bonchev–Trinajstić information content (AvgIpc) is 2.46. The van der Waals surface area contributed by atoms with Crippen LogP contribution in [0.1, 0.15) is 45.4 Å². The SMILES string of the molecule is CNCCC1CCCCN1S(=O)(=O)N1CCC(C)CC1. The topological polar surface area (TPSA) is 52.7 Å². The molecule has 0 bridgehead atoms. The molecule has 0 aliphatic carbocycles. The first-order chi connectivity index (χ1) is 9.55. The lowest BCUT2D eigenvalue weighted by molar-refractivity contribution is 0.206. The van der Waals surface area contributed by atoms with Gasteiger partial charge < -0.3 is 5.32 Å². The van der Waals surface area contributed by atoms with E-state index in [2.05, 4.69) is 12.2 Å². The van der Waals surface area contributed by atoms with Gasteiger partial charge in [0.05, 0.1) is 0 Å². The molecule has 5 nitrogen and oxygen atoms in total. The van der Waals surface area contributed by atoms with E-state index in [9.17, 15) is 8.42 Å². The molecule has 1 atom stereocenters. The average molecular weight is 303 g/mol. The van der Waals surface area contributed by atoms with E-state index in [0.29, 0.717) is 25.6 Å². The maximum absolute atomic E-state index is 12.9. The van der Waals surface area contributed by atoms with E-state index in [1.807, 2.05) is 7.05 Å². The molecular weight excluding hydrogens is 274 g/mol. The zero-order valence-corrected chi connectivity index (χ0v) is 13.7. The van der Waals surface area contributed by atoms with Crippen molar-refractivity contribution in [2.24, 2.45) is 5.92 Å². The van der Waals surface area contributed by atoms with Crippen LogP contribution in [0.15, 0.2) is 0 Å². The molecule has 2 saturated heterocycles. The van der Waals surface area contributed by atoms with Gasteiger partial charge in [0, 0.05) is 25.7 Å². The molecule has 2 heterocycles. The summed E-state index contributed by atoms with van der Waals surface area (Å²) in [5.74, 6) is 0.655. The first-order valence-corrected chi connectivity index (χ1v) is 9.37. The van der Waals surface area contributed by atoms with Crippen molar-refractivity contribution in [3.05, 3.63) is 0 Å². The lowest BCUT2D eigenvalue weighted by atomic mass is 10.0. The van der Waals surface area contributed by atoms with Crippen LogP contribution in [0, 0.1) is 5.92 Å². The van der Waals surface area contributed by atoms with Gasteiger partial charge in [0.1, 0.15) is 0 Å². The molecule has 0 amide bonds. The summed E-state index contributed by atoms with van der Waals surface area (Å²) in [6.07, 6.45) is 6.06. The highest BCUT2D eigenvalue weighted by Gasteiger charge is 2.37. The number of nitrogens with one attached hydrogen (secondary N) is 1. The Bertz CT molecular complexity index is 391. The molecule has 6 heteroatoms. The van der Waals surface area contributed by atoms with Gasteiger partial charge in [-0.3, -0.25) is 0 Å². The number of hydrogen-bond donors (Lipinski definition) is 1. The number of piperidine rings is 2. The van der Waals surface area contributed by atoms with Gasteiger partial charge in [0.2, 0.25) is 0 Å².